The van der Waals surface area contributed by atoms with Crippen molar-refractivity contribution < 1.29 is 14.2 Å². The van der Waals surface area contributed by atoms with Gasteiger partial charge in [0.2, 0.25) is 0 Å². The highest BCUT2D eigenvalue weighted by Gasteiger charge is 2.09. The lowest BCUT2D eigenvalue weighted by molar-refractivity contribution is 0.405. The molecule has 0 unspecified atom stereocenters. The Morgan fingerprint density at radius 2 is 1.43 bits per heavy atom. The van der Waals surface area contributed by atoms with Crippen molar-refractivity contribution in [3.8, 4) is 17.2 Å². The van der Waals surface area contributed by atoms with Crippen LogP contribution in [0.1, 0.15) is 0 Å². The maximum atomic E-state index is 6.01. The molecule has 23 heavy (non-hydrogen) atoms. The van der Waals surface area contributed by atoms with Crippen LogP contribution < -0.4 is 24.8 Å². The Morgan fingerprint density at radius 3 is 2.00 bits per heavy atom. The molecule has 5 nitrogen and oxygen atoms in total. The number of hydrogen-bond donors (Lipinski definition) is 2. The number of nitrogens with one attached hydrogen (secondary N) is 2. The first-order valence-electron chi connectivity index (χ1n) is 6.71. The summed E-state index contributed by atoms with van der Waals surface area (Å²) in [6.07, 6.45) is 0. The number of anilines is 2. The molecular weight excluding hydrogens is 336 g/mol. The van der Waals surface area contributed by atoms with Crippen molar-refractivity contribution >= 4 is 40.3 Å². The largest absolute Gasteiger partial charge is 0.497 e. The molecule has 7 heteroatoms. The Bertz CT molecular complexity index is 710. The molecule has 2 aromatic rings. The minimum atomic E-state index is 0.372. The number of methoxy groups -OCH3 is 3. The highest BCUT2D eigenvalue weighted by molar-refractivity contribution is 7.80. The van der Waals surface area contributed by atoms with Gasteiger partial charge in [0.05, 0.1) is 32.7 Å². The molecule has 0 amide bonds. The molecule has 2 rings (SSSR count). The SMILES string of the molecule is COc1ccc(OC)c(NC(=S)Nc2cc(Cl)ccc2OC)c1. The summed E-state index contributed by atoms with van der Waals surface area (Å²) in [5.41, 5.74) is 1.35. The first-order chi connectivity index (χ1) is 11.1. The summed E-state index contributed by atoms with van der Waals surface area (Å²) in [7, 11) is 4.76. The van der Waals surface area contributed by atoms with Crippen LogP contribution in [0.2, 0.25) is 5.02 Å². The summed E-state index contributed by atoms with van der Waals surface area (Å²) in [4.78, 5) is 0. The van der Waals surface area contributed by atoms with Crippen molar-refractivity contribution in [1.82, 2.24) is 0 Å². The zero-order chi connectivity index (χ0) is 16.8. The molecule has 0 spiro atoms. The molecule has 0 heterocycles. The summed E-state index contributed by atoms with van der Waals surface area (Å²) in [5, 5.41) is 7.08. The summed E-state index contributed by atoms with van der Waals surface area (Å²) in [6, 6.07) is 10.6. The van der Waals surface area contributed by atoms with Gasteiger partial charge in [0.1, 0.15) is 17.2 Å². The van der Waals surface area contributed by atoms with Crippen molar-refractivity contribution in [2.75, 3.05) is 32.0 Å². The van der Waals surface area contributed by atoms with E-state index < -0.39 is 0 Å². The van der Waals surface area contributed by atoms with Crippen LogP contribution in [0, 0.1) is 0 Å². The third kappa shape index (κ3) is 4.40. The Labute approximate surface area is 145 Å². The molecular formula is C16H17ClN2O3S. The van der Waals surface area contributed by atoms with E-state index in [1.54, 1.807) is 57.7 Å². The molecule has 2 aromatic carbocycles. The number of hydrogen-bond acceptors (Lipinski definition) is 4. The zero-order valence-electron chi connectivity index (χ0n) is 13.0. The van der Waals surface area contributed by atoms with E-state index in [1.165, 1.54) is 0 Å². The number of halogens is 1. The predicted octanol–water partition coefficient (Wildman–Crippen LogP) is 4.17. The van der Waals surface area contributed by atoms with E-state index >= 15 is 0 Å². The quantitative estimate of drug-likeness (QED) is 0.787. The van der Waals surface area contributed by atoms with Gasteiger partial charge in [-0.2, -0.15) is 0 Å². The highest BCUT2D eigenvalue weighted by Crippen LogP contribution is 2.30. The summed E-state index contributed by atoms with van der Waals surface area (Å²) >= 11 is 11.3. The summed E-state index contributed by atoms with van der Waals surface area (Å²) in [6.45, 7) is 0. The molecule has 0 aliphatic carbocycles. The fourth-order valence-corrected chi connectivity index (χ4v) is 2.36. The summed E-state index contributed by atoms with van der Waals surface area (Å²) in [5.74, 6) is 1.97. The van der Waals surface area contributed by atoms with Crippen LogP contribution in [0.3, 0.4) is 0 Å². The molecule has 0 atom stereocenters. The Balaban J connectivity index is 2.18. The lowest BCUT2D eigenvalue weighted by atomic mass is 10.2. The molecule has 0 saturated carbocycles. The van der Waals surface area contributed by atoms with Gasteiger partial charge >= 0.3 is 0 Å². The average Bonchev–Trinajstić information content (AvgIpc) is 2.55. The average molecular weight is 353 g/mol. The number of ether oxygens (including phenoxy) is 3. The minimum Gasteiger partial charge on any atom is -0.497 e. The van der Waals surface area contributed by atoms with Crippen LogP contribution in [-0.2, 0) is 0 Å². The van der Waals surface area contributed by atoms with Gasteiger partial charge in [-0.15, -0.1) is 0 Å². The van der Waals surface area contributed by atoms with E-state index in [9.17, 15) is 0 Å². The fourth-order valence-electron chi connectivity index (χ4n) is 1.97. The van der Waals surface area contributed by atoms with Gasteiger partial charge in [0.25, 0.3) is 0 Å². The van der Waals surface area contributed by atoms with Crippen molar-refractivity contribution in [2.45, 2.75) is 0 Å². The van der Waals surface area contributed by atoms with Crippen molar-refractivity contribution in [3.05, 3.63) is 41.4 Å². The van der Waals surface area contributed by atoms with Gasteiger partial charge in [-0.25, -0.2) is 0 Å². The molecule has 0 bridgehead atoms. The third-order valence-electron chi connectivity index (χ3n) is 3.06. The van der Waals surface area contributed by atoms with Gasteiger partial charge < -0.3 is 24.8 Å². The predicted molar refractivity (Wildman–Crippen MR) is 97.4 cm³/mol. The lowest BCUT2D eigenvalue weighted by Gasteiger charge is -2.16. The van der Waals surface area contributed by atoms with Crippen LogP contribution in [0.15, 0.2) is 36.4 Å². The van der Waals surface area contributed by atoms with E-state index in [4.69, 9.17) is 38.0 Å². The highest BCUT2D eigenvalue weighted by atomic mass is 35.5. The molecule has 2 N–H and O–H groups in total. The molecule has 0 radical (unpaired) electrons. The van der Waals surface area contributed by atoms with Crippen molar-refractivity contribution in [2.24, 2.45) is 0 Å². The fraction of sp³-hybridized carbons (Fsp3) is 0.188. The van der Waals surface area contributed by atoms with E-state index in [0.29, 0.717) is 38.8 Å². The van der Waals surface area contributed by atoms with E-state index in [1.807, 2.05) is 0 Å². The first kappa shape index (κ1) is 17.2. The summed E-state index contributed by atoms with van der Waals surface area (Å²) < 4.78 is 15.8. The normalized spacial score (nSPS) is 9.91. The Hall–Kier alpha value is -2.18. The Morgan fingerprint density at radius 1 is 0.870 bits per heavy atom. The second-order valence-corrected chi connectivity index (χ2v) is 5.33. The van der Waals surface area contributed by atoms with Gasteiger partial charge in [-0.1, -0.05) is 11.6 Å². The first-order valence-corrected chi connectivity index (χ1v) is 7.49. The molecule has 122 valence electrons. The lowest BCUT2D eigenvalue weighted by Crippen LogP contribution is -2.20. The van der Waals surface area contributed by atoms with Gasteiger partial charge in [-0.3, -0.25) is 0 Å². The van der Waals surface area contributed by atoms with Crippen LogP contribution in [0.4, 0.5) is 11.4 Å². The number of rotatable bonds is 5. The van der Waals surface area contributed by atoms with Crippen LogP contribution in [0.5, 0.6) is 17.2 Å². The van der Waals surface area contributed by atoms with Gasteiger partial charge in [0.15, 0.2) is 5.11 Å². The second-order valence-electron chi connectivity index (χ2n) is 4.49. The van der Waals surface area contributed by atoms with E-state index in [0.717, 1.165) is 0 Å². The second kappa shape index (κ2) is 7.89. The van der Waals surface area contributed by atoms with Crippen LogP contribution in [0.25, 0.3) is 0 Å². The minimum absolute atomic E-state index is 0.372. The number of benzene rings is 2. The van der Waals surface area contributed by atoms with Crippen LogP contribution >= 0.6 is 23.8 Å². The topological polar surface area (TPSA) is 51.8 Å². The Kier molecular flexibility index (Phi) is 5.90. The molecule has 0 saturated heterocycles. The maximum absolute atomic E-state index is 6.01. The van der Waals surface area contributed by atoms with Crippen molar-refractivity contribution in [3.63, 3.8) is 0 Å². The van der Waals surface area contributed by atoms with Gasteiger partial charge in [0, 0.05) is 11.1 Å². The smallest absolute Gasteiger partial charge is 0.175 e. The van der Waals surface area contributed by atoms with Crippen LogP contribution in [-0.4, -0.2) is 26.4 Å². The third-order valence-corrected chi connectivity index (χ3v) is 3.50. The number of thiocarbonyl (C=S) groups is 1. The molecule has 0 aliphatic heterocycles. The zero-order valence-corrected chi connectivity index (χ0v) is 14.5. The van der Waals surface area contributed by atoms with Crippen molar-refractivity contribution in [1.29, 1.82) is 0 Å². The van der Waals surface area contributed by atoms with E-state index in [-0.39, 0.29) is 0 Å². The van der Waals surface area contributed by atoms with Gasteiger partial charge in [-0.05, 0) is 42.5 Å². The molecule has 0 aromatic heterocycles. The molecule has 0 aliphatic rings. The monoisotopic (exact) mass is 352 g/mol. The standard InChI is InChI=1S/C16H17ClN2O3S/c1-20-11-5-7-15(22-3)13(9-11)19-16(23)18-12-8-10(17)4-6-14(12)21-2/h4-9H,1-3H3,(H2,18,19,23). The van der Waals surface area contributed by atoms with E-state index in [2.05, 4.69) is 10.6 Å². The maximum Gasteiger partial charge on any atom is 0.175 e. The molecule has 0 fully saturated rings.